The summed E-state index contributed by atoms with van der Waals surface area (Å²) in [6.45, 7) is 0.107. The highest BCUT2D eigenvalue weighted by molar-refractivity contribution is 6.18. The quantitative estimate of drug-likeness (QED) is 0.690. The van der Waals surface area contributed by atoms with Crippen LogP contribution in [0.25, 0.3) is 0 Å². The van der Waals surface area contributed by atoms with Gasteiger partial charge in [0.05, 0.1) is 6.54 Å². The van der Waals surface area contributed by atoms with E-state index in [4.69, 9.17) is 11.6 Å². The monoisotopic (exact) mass is 269 g/mol. The molecule has 0 aromatic carbocycles. The molecule has 0 heterocycles. The molecule has 2 aliphatic rings. The minimum Gasteiger partial charge on any atom is -0.294 e. The fraction of sp³-hybridized carbons (Fsp3) is 1.00. The molecule has 0 amide bonds. The molecule has 17 heavy (non-hydrogen) atoms. The summed E-state index contributed by atoms with van der Waals surface area (Å²) in [7, 11) is 0. The molecule has 2 rings (SSSR count). The van der Waals surface area contributed by atoms with Gasteiger partial charge in [-0.05, 0) is 37.0 Å². The normalized spacial score (nSPS) is 32.6. The first-order valence-corrected chi connectivity index (χ1v) is 6.86. The van der Waals surface area contributed by atoms with E-state index in [0.717, 1.165) is 12.3 Å². The lowest BCUT2D eigenvalue weighted by atomic mass is 9.88. The van der Waals surface area contributed by atoms with Crippen molar-refractivity contribution in [3.63, 3.8) is 0 Å². The van der Waals surface area contributed by atoms with Gasteiger partial charge in [0.15, 0.2) is 0 Å². The second-order valence-electron chi connectivity index (χ2n) is 5.47. The smallest absolute Gasteiger partial charge is 0.294 e. The number of nitrogens with zero attached hydrogens (tertiary/aromatic N) is 1. The van der Waals surface area contributed by atoms with Gasteiger partial charge in [-0.1, -0.05) is 6.42 Å². The fourth-order valence-electron chi connectivity index (χ4n) is 3.54. The fourth-order valence-corrected chi connectivity index (χ4v) is 3.78. The predicted molar refractivity (Wildman–Crippen MR) is 62.2 cm³/mol. The summed E-state index contributed by atoms with van der Waals surface area (Å²) in [5.41, 5.74) is 0. The molecule has 2 aliphatic carbocycles. The van der Waals surface area contributed by atoms with Crippen molar-refractivity contribution >= 4 is 11.6 Å². The lowest BCUT2D eigenvalue weighted by Gasteiger charge is -2.30. The number of halogens is 4. The lowest BCUT2D eigenvalue weighted by Crippen LogP contribution is -2.39. The van der Waals surface area contributed by atoms with Crippen molar-refractivity contribution in [2.45, 2.75) is 31.9 Å². The van der Waals surface area contributed by atoms with Crippen molar-refractivity contribution in [1.82, 2.24) is 4.90 Å². The molecule has 0 aromatic heterocycles. The summed E-state index contributed by atoms with van der Waals surface area (Å²) in [6.07, 6.45) is 0.766. The minimum absolute atomic E-state index is 0.275. The second kappa shape index (κ2) is 5.35. The largest absolute Gasteiger partial charge is 0.401 e. The lowest BCUT2D eigenvalue weighted by molar-refractivity contribution is -0.147. The first kappa shape index (κ1) is 13.5. The molecule has 5 heteroatoms. The van der Waals surface area contributed by atoms with Crippen molar-refractivity contribution in [2.75, 3.05) is 25.5 Å². The third-order valence-corrected chi connectivity index (χ3v) is 4.35. The topological polar surface area (TPSA) is 3.24 Å². The van der Waals surface area contributed by atoms with Crippen LogP contribution in [0.5, 0.6) is 0 Å². The van der Waals surface area contributed by atoms with Crippen LogP contribution in [0.1, 0.15) is 25.7 Å². The molecule has 0 aliphatic heterocycles. The number of hydrogen-bond acceptors (Lipinski definition) is 1. The molecule has 0 saturated heterocycles. The molecule has 3 atom stereocenters. The molecule has 2 fully saturated rings. The van der Waals surface area contributed by atoms with Crippen molar-refractivity contribution in [3.05, 3.63) is 0 Å². The Kier molecular flexibility index (Phi) is 4.24. The Morgan fingerprint density at radius 2 is 1.94 bits per heavy atom. The Bertz CT molecular complexity index is 257. The molecular weight excluding hydrogens is 251 g/mol. The number of fused-ring (bicyclic) bond motifs is 2. The van der Waals surface area contributed by atoms with Crippen LogP contribution in [0.15, 0.2) is 0 Å². The molecular formula is C12H19ClF3N. The van der Waals surface area contributed by atoms with Crippen LogP contribution >= 0.6 is 11.6 Å². The van der Waals surface area contributed by atoms with Gasteiger partial charge < -0.3 is 0 Å². The Hall–Kier alpha value is 0.0400. The van der Waals surface area contributed by atoms with E-state index in [1.165, 1.54) is 24.2 Å². The summed E-state index contributed by atoms with van der Waals surface area (Å²) >= 11 is 5.58. The van der Waals surface area contributed by atoms with Gasteiger partial charge in [-0.3, -0.25) is 4.90 Å². The maximum Gasteiger partial charge on any atom is 0.401 e. The summed E-state index contributed by atoms with van der Waals surface area (Å²) < 4.78 is 37.2. The zero-order chi connectivity index (χ0) is 12.5. The zero-order valence-corrected chi connectivity index (χ0v) is 10.6. The van der Waals surface area contributed by atoms with Crippen LogP contribution < -0.4 is 0 Å². The van der Waals surface area contributed by atoms with Gasteiger partial charge in [0.2, 0.25) is 0 Å². The number of rotatable bonds is 5. The average Bonchev–Trinajstić information content (AvgIpc) is 2.76. The Morgan fingerprint density at radius 3 is 2.41 bits per heavy atom. The Morgan fingerprint density at radius 1 is 1.18 bits per heavy atom. The maximum atomic E-state index is 12.4. The summed E-state index contributed by atoms with van der Waals surface area (Å²) in [6, 6.07) is 0. The zero-order valence-electron chi connectivity index (χ0n) is 9.85. The molecule has 2 saturated carbocycles. The van der Waals surface area contributed by atoms with Gasteiger partial charge in [-0.2, -0.15) is 13.2 Å². The van der Waals surface area contributed by atoms with E-state index in [-0.39, 0.29) is 5.88 Å². The predicted octanol–water partition coefficient (Wildman–Crippen LogP) is 3.53. The SMILES string of the molecule is FC(F)(F)CN(CCCl)CC1CC2CCC1C2. The standard InChI is InChI=1S/C12H19ClF3N/c13-3-4-17(8-12(14,15)16)7-11-6-9-1-2-10(11)5-9/h9-11H,1-8H2. The van der Waals surface area contributed by atoms with Crippen LogP contribution in [0, 0.1) is 17.8 Å². The van der Waals surface area contributed by atoms with E-state index in [0.29, 0.717) is 24.9 Å². The molecule has 100 valence electrons. The summed E-state index contributed by atoms with van der Waals surface area (Å²) in [5.74, 6) is 2.20. The molecule has 0 N–H and O–H groups in total. The number of hydrogen-bond donors (Lipinski definition) is 0. The third kappa shape index (κ3) is 3.75. The van der Waals surface area contributed by atoms with E-state index in [1.54, 1.807) is 0 Å². The van der Waals surface area contributed by atoms with Crippen LogP contribution in [-0.4, -0.2) is 36.6 Å². The van der Waals surface area contributed by atoms with E-state index in [2.05, 4.69) is 0 Å². The summed E-state index contributed by atoms with van der Waals surface area (Å²) in [5, 5.41) is 0. The van der Waals surface area contributed by atoms with Gasteiger partial charge in [0.25, 0.3) is 0 Å². The first-order chi connectivity index (χ1) is 7.98. The number of alkyl halides is 4. The summed E-state index contributed by atoms with van der Waals surface area (Å²) in [4.78, 5) is 1.48. The highest BCUT2D eigenvalue weighted by Gasteiger charge is 2.41. The second-order valence-corrected chi connectivity index (χ2v) is 5.85. The van der Waals surface area contributed by atoms with E-state index in [1.807, 2.05) is 0 Å². The van der Waals surface area contributed by atoms with Crippen LogP contribution in [0.2, 0.25) is 0 Å². The Labute approximate surface area is 105 Å². The van der Waals surface area contributed by atoms with Crippen LogP contribution in [-0.2, 0) is 0 Å². The average molecular weight is 270 g/mol. The van der Waals surface area contributed by atoms with E-state index >= 15 is 0 Å². The van der Waals surface area contributed by atoms with Gasteiger partial charge in [-0.25, -0.2) is 0 Å². The van der Waals surface area contributed by atoms with Gasteiger partial charge in [0, 0.05) is 19.0 Å². The van der Waals surface area contributed by atoms with Gasteiger partial charge in [-0.15, -0.1) is 11.6 Å². The highest BCUT2D eigenvalue weighted by Crippen LogP contribution is 2.48. The first-order valence-electron chi connectivity index (χ1n) is 6.33. The van der Waals surface area contributed by atoms with Crippen molar-refractivity contribution in [2.24, 2.45) is 17.8 Å². The maximum absolute atomic E-state index is 12.4. The van der Waals surface area contributed by atoms with Gasteiger partial charge >= 0.3 is 6.18 Å². The molecule has 0 radical (unpaired) electrons. The molecule has 0 aromatic rings. The highest BCUT2D eigenvalue weighted by atomic mass is 35.5. The molecule has 3 unspecified atom stereocenters. The van der Waals surface area contributed by atoms with E-state index in [9.17, 15) is 13.2 Å². The third-order valence-electron chi connectivity index (χ3n) is 4.18. The van der Waals surface area contributed by atoms with Crippen LogP contribution in [0.4, 0.5) is 13.2 Å². The van der Waals surface area contributed by atoms with Crippen molar-refractivity contribution in [1.29, 1.82) is 0 Å². The van der Waals surface area contributed by atoms with Crippen molar-refractivity contribution in [3.8, 4) is 0 Å². The Balaban J connectivity index is 1.85. The molecule has 1 nitrogen and oxygen atoms in total. The van der Waals surface area contributed by atoms with Gasteiger partial charge in [0.1, 0.15) is 0 Å². The molecule has 2 bridgehead atoms. The minimum atomic E-state index is -4.11. The van der Waals surface area contributed by atoms with Crippen molar-refractivity contribution < 1.29 is 13.2 Å². The van der Waals surface area contributed by atoms with Crippen LogP contribution in [0.3, 0.4) is 0 Å². The van der Waals surface area contributed by atoms with E-state index < -0.39 is 12.7 Å². The molecule has 0 spiro atoms.